The van der Waals surface area contributed by atoms with Gasteiger partial charge in [-0.25, -0.2) is 0 Å². The second-order valence-electron chi connectivity index (χ2n) is 9.46. The van der Waals surface area contributed by atoms with Crippen molar-refractivity contribution >= 4 is 17.5 Å². The number of ether oxygens (including phenoxy) is 1. The highest BCUT2D eigenvalue weighted by atomic mass is 35.5. The van der Waals surface area contributed by atoms with Crippen LogP contribution in [0.3, 0.4) is 0 Å². The van der Waals surface area contributed by atoms with E-state index in [2.05, 4.69) is 10.2 Å². The minimum Gasteiger partial charge on any atom is -0.494 e. The van der Waals surface area contributed by atoms with Crippen molar-refractivity contribution in [2.45, 2.75) is 62.5 Å². The quantitative estimate of drug-likeness (QED) is 0.576. The molecule has 4 rings (SSSR count). The van der Waals surface area contributed by atoms with Gasteiger partial charge in [-0.3, -0.25) is 9.69 Å². The van der Waals surface area contributed by atoms with Gasteiger partial charge in [0.05, 0.1) is 23.5 Å². The summed E-state index contributed by atoms with van der Waals surface area (Å²) in [5.74, 6) is 1.06. The maximum atomic E-state index is 13.4. The summed E-state index contributed by atoms with van der Waals surface area (Å²) in [5, 5.41) is 12.8. The van der Waals surface area contributed by atoms with Crippen LogP contribution in [0.2, 0.25) is 0 Å². The highest BCUT2D eigenvalue weighted by Crippen LogP contribution is 2.37. The zero-order valence-electron chi connectivity index (χ0n) is 18.7. The molecule has 2 N–H and O–H groups in total. The number of para-hydroxylation sites is 1. The summed E-state index contributed by atoms with van der Waals surface area (Å²) in [7, 11) is 0. The summed E-state index contributed by atoms with van der Waals surface area (Å²) in [6.45, 7) is 3.07. The number of benzene rings is 1. The first-order chi connectivity index (χ1) is 15.5. The molecular formula is C26H35ClN2O3. The van der Waals surface area contributed by atoms with E-state index in [1.54, 1.807) is 6.08 Å². The molecule has 6 heteroatoms. The molecule has 0 spiro atoms. The Balaban J connectivity index is 1.36. The molecule has 3 aliphatic rings. The number of aliphatic hydroxyl groups excluding tert-OH is 1. The van der Waals surface area contributed by atoms with Crippen molar-refractivity contribution in [1.82, 2.24) is 10.2 Å². The van der Waals surface area contributed by atoms with Gasteiger partial charge in [-0.05, 0) is 62.9 Å². The van der Waals surface area contributed by atoms with Crippen molar-refractivity contribution in [2.24, 2.45) is 5.41 Å². The minimum atomic E-state index is -0.613. The van der Waals surface area contributed by atoms with Gasteiger partial charge in [0.2, 0.25) is 5.91 Å². The molecule has 1 aliphatic heterocycles. The normalized spacial score (nSPS) is 26.0. The minimum absolute atomic E-state index is 0.210. The average Bonchev–Trinajstić information content (AvgIpc) is 3.31. The van der Waals surface area contributed by atoms with Gasteiger partial charge in [0.25, 0.3) is 0 Å². The van der Waals surface area contributed by atoms with Crippen molar-refractivity contribution in [3.05, 3.63) is 54.1 Å². The number of alkyl halides is 1. The van der Waals surface area contributed by atoms with Gasteiger partial charge in [-0.2, -0.15) is 0 Å². The molecule has 5 nitrogen and oxygen atoms in total. The Bertz CT molecular complexity index is 812. The molecular weight excluding hydrogens is 424 g/mol. The van der Waals surface area contributed by atoms with E-state index in [4.69, 9.17) is 16.3 Å². The smallest absolute Gasteiger partial charge is 0.226 e. The summed E-state index contributed by atoms with van der Waals surface area (Å²) in [6, 6.07) is 10.2. The van der Waals surface area contributed by atoms with E-state index in [0.717, 1.165) is 63.1 Å². The monoisotopic (exact) mass is 458 g/mol. The Morgan fingerprint density at radius 3 is 2.59 bits per heavy atom. The maximum absolute atomic E-state index is 13.4. The molecule has 2 aliphatic carbocycles. The Labute approximate surface area is 196 Å². The average molecular weight is 459 g/mol. The van der Waals surface area contributed by atoms with Crippen molar-refractivity contribution in [1.29, 1.82) is 0 Å². The molecule has 174 valence electrons. The number of amides is 1. The van der Waals surface area contributed by atoms with Gasteiger partial charge in [0.15, 0.2) is 0 Å². The number of hydrogen-bond donors (Lipinski definition) is 2. The standard InChI is InChI=1S/C26H35ClN2O3/c27-23-18-20(10-11-24(23)30)19-29-15-12-26(13-16-29,25(31)28-21-6-4-5-7-21)14-17-32-22-8-2-1-3-9-22/h1-3,8-11,18,21,23-24,30H,4-7,12-17,19H2,(H,28,31). The van der Waals surface area contributed by atoms with Crippen molar-refractivity contribution in [2.75, 3.05) is 26.2 Å². The summed E-state index contributed by atoms with van der Waals surface area (Å²) in [6.07, 6.45) is 12.1. The molecule has 1 aromatic carbocycles. The molecule has 0 bridgehead atoms. The summed E-state index contributed by atoms with van der Waals surface area (Å²) in [5.41, 5.74) is 0.751. The largest absolute Gasteiger partial charge is 0.494 e. The van der Waals surface area contributed by atoms with E-state index in [9.17, 15) is 9.90 Å². The van der Waals surface area contributed by atoms with Crippen molar-refractivity contribution < 1.29 is 14.6 Å². The Morgan fingerprint density at radius 2 is 1.91 bits per heavy atom. The molecule has 0 radical (unpaired) electrons. The van der Waals surface area contributed by atoms with Crippen LogP contribution < -0.4 is 10.1 Å². The first-order valence-corrected chi connectivity index (χ1v) is 12.4. The summed E-state index contributed by atoms with van der Waals surface area (Å²) >= 11 is 6.19. The van der Waals surface area contributed by atoms with Crippen LogP contribution in [-0.2, 0) is 4.79 Å². The molecule has 1 heterocycles. The van der Waals surface area contributed by atoms with E-state index in [0.29, 0.717) is 12.6 Å². The zero-order chi connectivity index (χ0) is 22.4. The maximum Gasteiger partial charge on any atom is 0.226 e. The van der Waals surface area contributed by atoms with E-state index in [1.165, 1.54) is 12.8 Å². The fourth-order valence-electron chi connectivity index (χ4n) is 5.07. The molecule has 0 aromatic heterocycles. The van der Waals surface area contributed by atoms with Crippen molar-refractivity contribution in [3.8, 4) is 5.75 Å². The fourth-order valence-corrected chi connectivity index (χ4v) is 5.32. The van der Waals surface area contributed by atoms with E-state index in [-0.39, 0.29) is 16.7 Å². The SMILES string of the molecule is O=C(NC1CCCC1)C1(CCOc2ccccc2)CCN(CC2=CC(Cl)C(O)C=C2)CC1. The number of aliphatic hydroxyl groups is 1. The summed E-state index contributed by atoms with van der Waals surface area (Å²) < 4.78 is 5.97. The van der Waals surface area contributed by atoms with E-state index in [1.807, 2.05) is 42.5 Å². The predicted molar refractivity (Wildman–Crippen MR) is 128 cm³/mol. The lowest BCUT2D eigenvalue weighted by Gasteiger charge is -2.41. The van der Waals surface area contributed by atoms with Crippen LogP contribution >= 0.6 is 11.6 Å². The lowest BCUT2D eigenvalue weighted by Crippen LogP contribution is -2.51. The molecule has 2 unspecified atom stereocenters. The van der Waals surface area contributed by atoms with Crippen molar-refractivity contribution in [3.63, 3.8) is 0 Å². The number of carbonyl (C=O) groups is 1. The first kappa shape index (κ1) is 23.3. The number of carbonyl (C=O) groups excluding carboxylic acids is 1. The second-order valence-corrected chi connectivity index (χ2v) is 9.96. The van der Waals surface area contributed by atoms with Gasteiger partial charge in [0.1, 0.15) is 5.75 Å². The highest BCUT2D eigenvalue weighted by molar-refractivity contribution is 6.22. The van der Waals surface area contributed by atoms with Gasteiger partial charge in [-0.15, -0.1) is 11.6 Å². The third kappa shape index (κ3) is 5.94. The summed E-state index contributed by atoms with van der Waals surface area (Å²) in [4.78, 5) is 15.8. The van der Waals surface area contributed by atoms with Gasteiger partial charge in [0, 0.05) is 12.6 Å². The number of hydrogen-bond acceptors (Lipinski definition) is 4. The number of nitrogens with one attached hydrogen (secondary N) is 1. The van der Waals surface area contributed by atoms with Gasteiger partial charge < -0.3 is 15.2 Å². The molecule has 1 amide bonds. The number of piperidine rings is 1. The lowest BCUT2D eigenvalue weighted by atomic mass is 9.74. The predicted octanol–water partition coefficient (Wildman–Crippen LogP) is 4.06. The number of nitrogens with zero attached hydrogens (tertiary/aromatic N) is 1. The number of rotatable bonds is 8. The Morgan fingerprint density at radius 1 is 1.19 bits per heavy atom. The fraction of sp³-hybridized carbons (Fsp3) is 0.577. The molecule has 2 atom stereocenters. The van der Waals surface area contributed by atoms with Crippen LogP contribution in [0.25, 0.3) is 0 Å². The Kier molecular flexibility index (Phi) is 7.93. The van der Waals surface area contributed by atoms with Crippen LogP contribution in [0.4, 0.5) is 0 Å². The Hall–Kier alpha value is -1.82. The van der Waals surface area contributed by atoms with Gasteiger partial charge >= 0.3 is 0 Å². The second kappa shape index (κ2) is 10.9. The van der Waals surface area contributed by atoms with E-state index >= 15 is 0 Å². The van der Waals surface area contributed by atoms with Crippen LogP contribution in [0.1, 0.15) is 44.9 Å². The van der Waals surface area contributed by atoms with Crippen LogP contribution in [0.15, 0.2) is 54.1 Å². The number of likely N-dealkylation sites (tertiary alicyclic amines) is 1. The third-order valence-electron chi connectivity index (χ3n) is 7.19. The van der Waals surface area contributed by atoms with Gasteiger partial charge in [-0.1, -0.05) is 49.3 Å². The van der Waals surface area contributed by atoms with Crippen LogP contribution in [0, 0.1) is 5.41 Å². The third-order valence-corrected chi connectivity index (χ3v) is 7.58. The zero-order valence-corrected chi connectivity index (χ0v) is 19.5. The molecule has 1 saturated heterocycles. The lowest BCUT2D eigenvalue weighted by molar-refractivity contribution is -0.135. The van der Waals surface area contributed by atoms with Crippen LogP contribution in [-0.4, -0.2) is 59.7 Å². The molecule has 32 heavy (non-hydrogen) atoms. The molecule has 1 saturated carbocycles. The first-order valence-electron chi connectivity index (χ1n) is 12.0. The topological polar surface area (TPSA) is 61.8 Å². The number of halogens is 1. The molecule has 2 fully saturated rings. The molecule has 1 aromatic rings. The van der Waals surface area contributed by atoms with Crippen LogP contribution in [0.5, 0.6) is 5.75 Å². The highest BCUT2D eigenvalue weighted by Gasteiger charge is 2.42. The van der Waals surface area contributed by atoms with E-state index < -0.39 is 6.10 Å².